The molecule has 0 radical (unpaired) electrons. The third-order valence-corrected chi connectivity index (χ3v) is 4.67. The molecule has 3 nitrogen and oxygen atoms in total. The van der Waals surface area contributed by atoms with E-state index in [0.717, 1.165) is 43.5 Å². The second-order valence-corrected chi connectivity index (χ2v) is 7.13. The fourth-order valence-corrected chi connectivity index (χ4v) is 3.22. The highest BCUT2D eigenvalue weighted by molar-refractivity contribution is 5.95. The molecule has 1 fully saturated rings. The number of piperidine rings is 1. The van der Waals surface area contributed by atoms with Crippen molar-refractivity contribution in [3.63, 3.8) is 0 Å². The highest BCUT2D eigenvalue weighted by Crippen LogP contribution is 2.34. The fraction of sp³-hybridized carbons (Fsp3) is 0.611. The summed E-state index contributed by atoms with van der Waals surface area (Å²) in [6.07, 6.45) is 2.98. The van der Waals surface area contributed by atoms with Crippen molar-refractivity contribution < 1.29 is 4.79 Å². The minimum absolute atomic E-state index is 0.173. The molecule has 1 aliphatic heterocycles. The molecule has 0 unspecified atom stereocenters. The van der Waals surface area contributed by atoms with Gasteiger partial charge in [0.1, 0.15) is 0 Å². The van der Waals surface area contributed by atoms with Gasteiger partial charge in [0.15, 0.2) is 0 Å². The first-order valence-corrected chi connectivity index (χ1v) is 8.00. The third kappa shape index (κ3) is 3.85. The van der Waals surface area contributed by atoms with E-state index in [-0.39, 0.29) is 5.91 Å². The zero-order valence-corrected chi connectivity index (χ0v) is 13.6. The van der Waals surface area contributed by atoms with Crippen molar-refractivity contribution in [3.05, 3.63) is 35.4 Å². The van der Waals surface area contributed by atoms with Crippen LogP contribution in [0.4, 0.5) is 0 Å². The lowest BCUT2D eigenvalue weighted by Crippen LogP contribution is -2.41. The lowest BCUT2D eigenvalue weighted by Gasteiger charge is -2.39. The normalized spacial score (nSPS) is 17.0. The van der Waals surface area contributed by atoms with E-state index < -0.39 is 0 Å². The maximum Gasteiger partial charge on any atom is 0.254 e. The van der Waals surface area contributed by atoms with Gasteiger partial charge in [0, 0.05) is 18.7 Å². The van der Waals surface area contributed by atoms with Crippen molar-refractivity contribution in [1.82, 2.24) is 4.90 Å². The number of carbonyl (C=O) groups is 1. The average molecular weight is 288 g/mol. The molecule has 116 valence electrons. The summed E-state index contributed by atoms with van der Waals surface area (Å²) in [6.45, 7) is 9.22. The topological polar surface area (TPSA) is 46.3 Å². The van der Waals surface area contributed by atoms with Gasteiger partial charge < -0.3 is 10.6 Å². The van der Waals surface area contributed by atoms with Gasteiger partial charge >= 0.3 is 0 Å². The Morgan fingerprint density at radius 1 is 1.24 bits per heavy atom. The van der Waals surface area contributed by atoms with Crippen LogP contribution in [0.3, 0.4) is 0 Å². The van der Waals surface area contributed by atoms with Crippen molar-refractivity contribution in [3.8, 4) is 0 Å². The summed E-state index contributed by atoms with van der Waals surface area (Å²) in [5, 5.41) is 0. The van der Waals surface area contributed by atoms with Crippen LogP contribution in [0.2, 0.25) is 0 Å². The summed E-state index contributed by atoms with van der Waals surface area (Å²) in [7, 11) is 0. The summed E-state index contributed by atoms with van der Waals surface area (Å²) in [5.41, 5.74) is 7.89. The molecule has 0 spiro atoms. The molecule has 0 aliphatic carbocycles. The molecule has 21 heavy (non-hydrogen) atoms. The summed E-state index contributed by atoms with van der Waals surface area (Å²) >= 11 is 0. The van der Waals surface area contributed by atoms with Gasteiger partial charge in [0.25, 0.3) is 5.91 Å². The van der Waals surface area contributed by atoms with Crippen molar-refractivity contribution in [2.45, 2.75) is 40.0 Å². The molecule has 1 heterocycles. The summed E-state index contributed by atoms with van der Waals surface area (Å²) < 4.78 is 0. The largest absolute Gasteiger partial charge is 0.339 e. The van der Waals surface area contributed by atoms with E-state index in [9.17, 15) is 4.79 Å². The highest BCUT2D eigenvalue weighted by atomic mass is 16.2. The van der Waals surface area contributed by atoms with Crippen LogP contribution >= 0.6 is 0 Å². The lowest BCUT2D eigenvalue weighted by molar-refractivity contribution is 0.0607. The van der Waals surface area contributed by atoms with Crippen LogP contribution in [0.5, 0.6) is 0 Å². The van der Waals surface area contributed by atoms with Crippen LogP contribution in [-0.4, -0.2) is 30.4 Å². The number of hydrogen-bond donors (Lipinski definition) is 1. The smallest absolute Gasteiger partial charge is 0.254 e. The molecule has 2 N–H and O–H groups in total. The minimum atomic E-state index is 0.173. The van der Waals surface area contributed by atoms with Crippen LogP contribution in [-0.2, 0) is 6.42 Å². The van der Waals surface area contributed by atoms with E-state index in [2.05, 4.69) is 20.8 Å². The Bertz CT molecular complexity index is 482. The van der Waals surface area contributed by atoms with Gasteiger partial charge in [0.05, 0.1) is 0 Å². The second kappa shape index (κ2) is 6.61. The standard InChI is InChI=1S/C18H28N2O/c1-18(2,3)15-9-12-20(13-10-15)17(21)16-7-5-4-6-14(16)8-11-19/h4-7,15H,8-13,19H2,1-3H3. The Kier molecular flexibility index (Phi) is 5.04. The van der Waals surface area contributed by atoms with Crippen LogP contribution in [0.1, 0.15) is 49.5 Å². The van der Waals surface area contributed by atoms with Crippen LogP contribution in [0, 0.1) is 11.3 Å². The van der Waals surface area contributed by atoms with Gasteiger partial charge in [-0.15, -0.1) is 0 Å². The third-order valence-electron chi connectivity index (χ3n) is 4.67. The van der Waals surface area contributed by atoms with E-state index in [1.807, 2.05) is 29.2 Å². The van der Waals surface area contributed by atoms with Gasteiger partial charge in [-0.3, -0.25) is 4.79 Å². The zero-order chi connectivity index (χ0) is 15.5. The van der Waals surface area contributed by atoms with E-state index in [1.165, 1.54) is 0 Å². The Morgan fingerprint density at radius 3 is 2.43 bits per heavy atom. The number of amides is 1. The number of nitrogens with zero attached hydrogens (tertiary/aromatic N) is 1. The van der Waals surface area contributed by atoms with Crippen LogP contribution in [0.15, 0.2) is 24.3 Å². The Hall–Kier alpha value is -1.35. The molecular formula is C18H28N2O. The van der Waals surface area contributed by atoms with Crippen molar-refractivity contribution in [2.75, 3.05) is 19.6 Å². The number of rotatable bonds is 3. The Labute approximate surface area is 128 Å². The van der Waals surface area contributed by atoms with Crippen molar-refractivity contribution in [1.29, 1.82) is 0 Å². The average Bonchev–Trinajstić information content (AvgIpc) is 2.47. The molecule has 1 amide bonds. The molecule has 1 aromatic carbocycles. The minimum Gasteiger partial charge on any atom is -0.339 e. The zero-order valence-electron chi connectivity index (χ0n) is 13.6. The fourth-order valence-electron chi connectivity index (χ4n) is 3.22. The molecule has 0 saturated carbocycles. The Morgan fingerprint density at radius 2 is 1.86 bits per heavy atom. The number of likely N-dealkylation sites (tertiary alicyclic amines) is 1. The van der Waals surface area contributed by atoms with E-state index in [1.54, 1.807) is 0 Å². The Balaban J connectivity index is 2.06. The molecule has 3 heteroatoms. The second-order valence-electron chi connectivity index (χ2n) is 7.13. The first kappa shape index (κ1) is 16.0. The van der Waals surface area contributed by atoms with Crippen LogP contribution < -0.4 is 5.73 Å². The molecule has 1 aliphatic rings. The SMILES string of the molecule is CC(C)(C)C1CCN(C(=O)c2ccccc2CCN)CC1. The molecule has 2 rings (SSSR count). The molecule has 0 bridgehead atoms. The van der Waals surface area contributed by atoms with E-state index in [0.29, 0.717) is 17.9 Å². The number of carbonyl (C=O) groups excluding carboxylic acids is 1. The highest BCUT2D eigenvalue weighted by Gasteiger charge is 2.31. The first-order valence-electron chi connectivity index (χ1n) is 8.00. The summed E-state index contributed by atoms with van der Waals surface area (Å²) in [6, 6.07) is 7.87. The van der Waals surface area contributed by atoms with Gasteiger partial charge in [0.2, 0.25) is 0 Å². The lowest BCUT2D eigenvalue weighted by atomic mass is 9.75. The quantitative estimate of drug-likeness (QED) is 0.929. The van der Waals surface area contributed by atoms with Gasteiger partial charge in [-0.1, -0.05) is 39.0 Å². The van der Waals surface area contributed by atoms with Crippen molar-refractivity contribution in [2.24, 2.45) is 17.1 Å². The summed E-state index contributed by atoms with van der Waals surface area (Å²) in [5.74, 6) is 0.882. The number of hydrogen-bond acceptors (Lipinski definition) is 2. The predicted octanol–water partition coefficient (Wildman–Crippen LogP) is 3.09. The van der Waals surface area contributed by atoms with Gasteiger partial charge in [-0.05, 0) is 48.8 Å². The predicted molar refractivity (Wildman–Crippen MR) is 87.3 cm³/mol. The number of nitrogens with two attached hydrogens (primary N) is 1. The molecular weight excluding hydrogens is 260 g/mol. The molecule has 1 aromatic rings. The van der Waals surface area contributed by atoms with Gasteiger partial charge in [-0.2, -0.15) is 0 Å². The van der Waals surface area contributed by atoms with Crippen molar-refractivity contribution >= 4 is 5.91 Å². The maximum atomic E-state index is 12.7. The molecule has 0 aromatic heterocycles. The maximum absolute atomic E-state index is 12.7. The molecule has 0 atom stereocenters. The van der Waals surface area contributed by atoms with Crippen LogP contribution in [0.25, 0.3) is 0 Å². The summed E-state index contributed by atoms with van der Waals surface area (Å²) in [4.78, 5) is 14.7. The first-order chi connectivity index (χ1) is 9.93. The number of benzene rings is 1. The van der Waals surface area contributed by atoms with E-state index in [4.69, 9.17) is 5.73 Å². The van der Waals surface area contributed by atoms with E-state index >= 15 is 0 Å². The molecule has 1 saturated heterocycles. The van der Waals surface area contributed by atoms with Gasteiger partial charge in [-0.25, -0.2) is 0 Å². The monoisotopic (exact) mass is 288 g/mol.